The number of H-pyrrole nitrogens is 1. The summed E-state index contributed by atoms with van der Waals surface area (Å²) in [6, 6.07) is 8.39. The summed E-state index contributed by atoms with van der Waals surface area (Å²) in [7, 11) is 0. The van der Waals surface area contributed by atoms with Crippen molar-refractivity contribution in [3.8, 4) is 0 Å². The number of halogens is 3. The van der Waals surface area contributed by atoms with E-state index in [9.17, 15) is 18.4 Å². The van der Waals surface area contributed by atoms with Gasteiger partial charge in [-0.3, -0.25) is 9.59 Å². The van der Waals surface area contributed by atoms with E-state index in [0.29, 0.717) is 11.6 Å². The Morgan fingerprint density at radius 1 is 1.16 bits per heavy atom. The number of ketones is 2. The first-order valence-electron chi connectivity index (χ1n) is 7.62. The molecule has 1 N–H and O–H groups in total. The molecule has 3 rings (SSSR count). The number of aromatic nitrogens is 1. The summed E-state index contributed by atoms with van der Waals surface area (Å²) in [4.78, 5) is 27.7. The second-order valence-electron chi connectivity index (χ2n) is 5.85. The SMILES string of the molecule is CC(=O)C(CC(=O)c1ccc(F)cc1F)c1c[nH]c2ccc(Br)cc12. The fourth-order valence-electron chi connectivity index (χ4n) is 2.89. The lowest BCUT2D eigenvalue weighted by molar-refractivity contribution is -0.118. The monoisotopic (exact) mass is 405 g/mol. The first-order chi connectivity index (χ1) is 11.9. The number of rotatable bonds is 5. The molecule has 0 amide bonds. The smallest absolute Gasteiger partial charge is 0.166 e. The third-order valence-corrected chi connectivity index (χ3v) is 4.66. The summed E-state index contributed by atoms with van der Waals surface area (Å²) in [6.07, 6.45) is 1.51. The van der Waals surface area contributed by atoms with Crippen LogP contribution in [0.4, 0.5) is 8.78 Å². The van der Waals surface area contributed by atoms with Crippen LogP contribution >= 0.6 is 15.9 Å². The van der Waals surface area contributed by atoms with Crippen LogP contribution in [-0.2, 0) is 4.79 Å². The summed E-state index contributed by atoms with van der Waals surface area (Å²) in [6.45, 7) is 1.40. The van der Waals surface area contributed by atoms with Crippen molar-refractivity contribution in [1.82, 2.24) is 4.98 Å². The Kier molecular flexibility index (Phi) is 4.81. The number of carbonyl (C=O) groups is 2. The number of benzene rings is 2. The van der Waals surface area contributed by atoms with E-state index in [1.54, 1.807) is 6.20 Å². The highest BCUT2D eigenvalue weighted by Gasteiger charge is 2.25. The molecule has 0 aliphatic rings. The van der Waals surface area contributed by atoms with Gasteiger partial charge in [0, 0.05) is 34.1 Å². The van der Waals surface area contributed by atoms with E-state index in [1.165, 1.54) is 6.92 Å². The zero-order chi connectivity index (χ0) is 18.1. The molecule has 1 unspecified atom stereocenters. The standard InChI is InChI=1S/C19H14BrF2NO2/c1-10(24)14(8-19(25)13-4-3-12(21)7-17(13)22)16-9-23-18-5-2-11(20)6-15(16)18/h2-7,9,14,23H,8H2,1H3. The van der Waals surface area contributed by atoms with Gasteiger partial charge in [-0.2, -0.15) is 0 Å². The average molecular weight is 406 g/mol. The third-order valence-electron chi connectivity index (χ3n) is 4.16. The van der Waals surface area contributed by atoms with Crippen LogP contribution in [0.25, 0.3) is 10.9 Å². The van der Waals surface area contributed by atoms with E-state index < -0.39 is 23.3 Å². The van der Waals surface area contributed by atoms with Crippen LogP contribution in [0.15, 0.2) is 47.1 Å². The normalized spacial score (nSPS) is 12.3. The summed E-state index contributed by atoms with van der Waals surface area (Å²) >= 11 is 3.39. The highest BCUT2D eigenvalue weighted by Crippen LogP contribution is 2.31. The molecule has 0 aliphatic heterocycles. The van der Waals surface area contributed by atoms with Gasteiger partial charge in [-0.1, -0.05) is 15.9 Å². The molecule has 2 aromatic carbocycles. The highest BCUT2D eigenvalue weighted by molar-refractivity contribution is 9.10. The lowest BCUT2D eigenvalue weighted by Gasteiger charge is -2.13. The molecule has 0 radical (unpaired) electrons. The van der Waals surface area contributed by atoms with Crippen molar-refractivity contribution in [2.75, 3.05) is 0 Å². The summed E-state index contributed by atoms with van der Waals surface area (Å²) < 4.78 is 27.7. The van der Waals surface area contributed by atoms with Gasteiger partial charge in [0.25, 0.3) is 0 Å². The molecule has 0 spiro atoms. The van der Waals surface area contributed by atoms with Crippen molar-refractivity contribution < 1.29 is 18.4 Å². The number of Topliss-reactive ketones (excluding diaryl/α,β-unsaturated/α-hetero) is 2. The average Bonchev–Trinajstić information content (AvgIpc) is 2.94. The molecule has 6 heteroatoms. The molecular weight excluding hydrogens is 392 g/mol. The first-order valence-corrected chi connectivity index (χ1v) is 8.41. The van der Waals surface area contributed by atoms with E-state index >= 15 is 0 Å². The largest absolute Gasteiger partial charge is 0.361 e. The van der Waals surface area contributed by atoms with Crippen molar-refractivity contribution in [1.29, 1.82) is 0 Å². The molecule has 0 fully saturated rings. The predicted octanol–water partition coefficient (Wildman–Crippen LogP) is 5.15. The van der Waals surface area contributed by atoms with Crippen LogP contribution < -0.4 is 0 Å². The Morgan fingerprint density at radius 2 is 1.92 bits per heavy atom. The van der Waals surface area contributed by atoms with E-state index in [0.717, 1.165) is 27.5 Å². The van der Waals surface area contributed by atoms with Crippen LogP contribution in [0.3, 0.4) is 0 Å². The zero-order valence-electron chi connectivity index (χ0n) is 13.3. The first kappa shape index (κ1) is 17.5. The second-order valence-corrected chi connectivity index (χ2v) is 6.76. The van der Waals surface area contributed by atoms with Gasteiger partial charge in [0.15, 0.2) is 5.78 Å². The van der Waals surface area contributed by atoms with Gasteiger partial charge in [-0.25, -0.2) is 8.78 Å². The highest BCUT2D eigenvalue weighted by atomic mass is 79.9. The number of nitrogens with one attached hydrogen (secondary N) is 1. The van der Waals surface area contributed by atoms with Crippen LogP contribution in [-0.4, -0.2) is 16.6 Å². The van der Waals surface area contributed by atoms with Gasteiger partial charge < -0.3 is 4.98 Å². The lowest BCUT2D eigenvalue weighted by atomic mass is 9.88. The Morgan fingerprint density at radius 3 is 2.60 bits per heavy atom. The summed E-state index contributed by atoms with van der Waals surface area (Å²) in [5.74, 6) is -3.12. The minimum atomic E-state index is -0.922. The Bertz CT molecular complexity index is 981. The summed E-state index contributed by atoms with van der Waals surface area (Å²) in [5, 5.41) is 0.821. The van der Waals surface area contributed by atoms with Crippen molar-refractivity contribution in [3.63, 3.8) is 0 Å². The van der Waals surface area contributed by atoms with Crippen molar-refractivity contribution in [2.45, 2.75) is 19.3 Å². The second kappa shape index (κ2) is 6.88. The van der Waals surface area contributed by atoms with Gasteiger partial charge in [-0.15, -0.1) is 0 Å². The van der Waals surface area contributed by atoms with Gasteiger partial charge in [0.1, 0.15) is 17.4 Å². The fourth-order valence-corrected chi connectivity index (χ4v) is 3.25. The van der Waals surface area contributed by atoms with E-state index in [2.05, 4.69) is 20.9 Å². The number of carbonyl (C=O) groups excluding carboxylic acids is 2. The van der Waals surface area contributed by atoms with Crippen LogP contribution in [0.5, 0.6) is 0 Å². The van der Waals surface area contributed by atoms with Gasteiger partial charge in [0.05, 0.1) is 11.5 Å². The molecule has 3 aromatic rings. The van der Waals surface area contributed by atoms with Crippen LogP contribution in [0.2, 0.25) is 0 Å². The third kappa shape index (κ3) is 3.54. The molecule has 3 nitrogen and oxygen atoms in total. The maximum absolute atomic E-state index is 13.8. The number of hydrogen-bond donors (Lipinski definition) is 1. The Balaban J connectivity index is 1.97. The zero-order valence-corrected chi connectivity index (χ0v) is 14.9. The molecular formula is C19H14BrF2NO2. The van der Waals surface area contributed by atoms with E-state index in [-0.39, 0.29) is 17.8 Å². The molecule has 0 aliphatic carbocycles. The van der Waals surface area contributed by atoms with Crippen LogP contribution in [0, 0.1) is 11.6 Å². The topological polar surface area (TPSA) is 49.9 Å². The fraction of sp³-hybridized carbons (Fsp3) is 0.158. The molecule has 25 heavy (non-hydrogen) atoms. The molecule has 1 atom stereocenters. The molecule has 1 heterocycles. The van der Waals surface area contributed by atoms with Crippen LogP contribution in [0.1, 0.15) is 35.2 Å². The van der Waals surface area contributed by atoms with Gasteiger partial charge in [0.2, 0.25) is 0 Å². The van der Waals surface area contributed by atoms with E-state index in [4.69, 9.17) is 0 Å². The van der Waals surface area contributed by atoms with Gasteiger partial charge in [-0.05, 0) is 42.8 Å². The molecule has 1 aromatic heterocycles. The Hall–Kier alpha value is -2.34. The number of hydrogen-bond acceptors (Lipinski definition) is 2. The quantitative estimate of drug-likeness (QED) is 0.596. The molecule has 0 saturated heterocycles. The number of fused-ring (bicyclic) bond motifs is 1. The lowest BCUT2D eigenvalue weighted by Crippen LogP contribution is -2.15. The molecule has 0 saturated carbocycles. The van der Waals surface area contributed by atoms with Gasteiger partial charge >= 0.3 is 0 Å². The summed E-state index contributed by atoms with van der Waals surface area (Å²) in [5.41, 5.74) is 1.30. The van der Waals surface area contributed by atoms with Crippen molar-refractivity contribution in [2.24, 2.45) is 0 Å². The predicted molar refractivity (Wildman–Crippen MR) is 94.7 cm³/mol. The minimum absolute atomic E-state index is 0.183. The maximum atomic E-state index is 13.8. The maximum Gasteiger partial charge on any atom is 0.166 e. The Labute approximate surface area is 151 Å². The van der Waals surface area contributed by atoms with Crippen molar-refractivity contribution >= 4 is 38.4 Å². The van der Waals surface area contributed by atoms with E-state index in [1.807, 2.05) is 18.2 Å². The minimum Gasteiger partial charge on any atom is -0.361 e. The molecule has 128 valence electrons. The van der Waals surface area contributed by atoms with Crippen molar-refractivity contribution in [3.05, 3.63) is 69.8 Å². The number of aromatic amines is 1. The molecule has 0 bridgehead atoms.